The van der Waals surface area contributed by atoms with Gasteiger partial charge in [0.15, 0.2) is 5.96 Å². The van der Waals surface area contributed by atoms with E-state index in [2.05, 4.69) is 9.97 Å². The number of nitrogens with zero attached hydrogens (tertiary/aromatic N) is 2. The van der Waals surface area contributed by atoms with E-state index < -0.39 is 0 Å². The molecule has 23 heavy (non-hydrogen) atoms. The molecule has 0 saturated carbocycles. The Hall–Kier alpha value is -2.86. The summed E-state index contributed by atoms with van der Waals surface area (Å²) in [5.74, 6) is -0.700. The van der Waals surface area contributed by atoms with E-state index in [1.807, 2.05) is 6.07 Å². The number of nitrogens with one attached hydrogen (secondary N) is 2. The van der Waals surface area contributed by atoms with E-state index in [0.717, 1.165) is 16.6 Å². The average Bonchev–Trinajstić information content (AvgIpc) is 3.00. The van der Waals surface area contributed by atoms with Crippen LogP contribution in [0.2, 0.25) is 5.02 Å². The Kier molecular flexibility index (Phi) is 3.99. The van der Waals surface area contributed by atoms with Gasteiger partial charge in [-0.1, -0.05) is 29.8 Å². The number of aromatic amines is 1. The van der Waals surface area contributed by atoms with Crippen molar-refractivity contribution in [2.24, 2.45) is 5.73 Å². The van der Waals surface area contributed by atoms with Crippen LogP contribution in [0.1, 0.15) is 15.9 Å². The highest BCUT2D eigenvalue weighted by atomic mass is 35.5. The fourth-order valence-electron chi connectivity index (χ4n) is 2.29. The van der Waals surface area contributed by atoms with Crippen molar-refractivity contribution in [1.82, 2.24) is 14.9 Å². The molecule has 7 heteroatoms. The molecule has 0 unspecified atom stereocenters. The van der Waals surface area contributed by atoms with Crippen molar-refractivity contribution in [2.45, 2.75) is 6.54 Å². The molecule has 2 aromatic carbocycles. The number of amides is 1. The lowest BCUT2D eigenvalue weighted by atomic mass is 10.1. The number of hydrogen-bond acceptors (Lipinski definition) is 3. The summed E-state index contributed by atoms with van der Waals surface area (Å²) in [6, 6.07) is 12.2. The first-order valence-corrected chi connectivity index (χ1v) is 7.26. The summed E-state index contributed by atoms with van der Waals surface area (Å²) in [5.41, 5.74) is 8.25. The van der Waals surface area contributed by atoms with Crippen molar-refractivity contribution in [1.29, 1.82) is 5.41 Å². The average molecular weight is 328 g/mol. The molecule has 1 aromatic heterocycles. The van der Waals surface area contributed by atoms with Gasteiger partial charge in [0.2, 0.25) is 0 Å². The third kappa shape index (κ3) is 3.02. The van der Waals surface area contributed by atoms with Gasteiger partial charge in [-0.15, -0.1) is 0 Å². The Morgan fingerprint density at radius 2 is 2.09 bits per heavy atom. The van der Waals surface area contributed by atoms with E-state index in [-0.39, 0.29) is 18.4 Å². The summed E-state index contributed by atoms with van der Waals surface area (Å²) in [6.45, 7) is 0.134. The molecule has 0 spiro atoms. The van der Waals surface area contributed by atoms with Crippen LogP contribution in [0.4, 0.5) is 0 Å². The molecule has 0 fully saturated rings. The lowest BCUT2D eigenvalue weighted by Gasteiger charge is -2.21. The van der Waals surface area contributed by atoms with E-state index >= 15 is 0 Å². The van der Waals surface area contributed by atoms with E-state index in [1.165, 1.54) is 4.90 Å². The predicted molar refractivity (Wildman–Crippen MR) is 89.3 cm³/mol. The number of imidazole rings is 1. The fraction of sp³-hybridized carbons (Fsp3) is 0.0625. The SMILES string of the molecule is N=C(N)N(Cc1ccccc1Cl)C(=O)c1ccc2nc[nH]c2c1. The molecule has 0 saturated heterocycles. The number of nitrogens with two attached hydrogens (primary N) is 1. The zero-order valence-corrected chi connectivity index (χ0v) is 12.8. The van der Waals surface area contributed by atoms with Gasteiger partial charge in [0.1, 0.15) is 0 Å². The molecule has 3 aromatic rings. The molecule has 0 bridgehead atoms. The number of fused-ring (bicyclic) bond motifs is 1. The van der Waals surface area contributed by atoms with Crippen molar-refractivity contribution < 1.29 is 4.79 Å². The quantitative estimate of drug-likeness (QED) is 0.509. The molecule has 0 atom stereocenters. The Morgan fingerprint density at radius 1 is 1.30 bits per heavy atom. The molecule has 0 radical (unpaired) electrons. The predicted octanol–water partition coefficient (Wildman–Crippen LogP) is 2.75. The van der Waals surface area contributed by atoms with Crippen LogP contribution in [0.25, 0.3) is 11.0 Å². The van der Waals surface area contributed by atoms with Gasteiger partial charge >= 0.3 is 0 Å². The Balaban J connectivity index is 1.92. The van der Waals surface area contributed by atoms with E-state index in [0.29, 0.717) is 10.6 Å². The third-order valence-corrected chi connectivity index (χ3v) is 3.86. The van der Waals surface area contributed by atoms with E-state index in [4.69, 9.17) is 22.7 Å². The van der Waals surface area contributed by atoms with Crippen LogP contribution in [0.3, 0.4) is 0 Å². The largest absolute Gasteiger partial charge is 0.370 e. The molecule has 6 nitrogen and oxygen atoms in total. The first kappa shape index (κ1) is 15.1. The number of hydrogen-bond donors (Lipinski definition) is 3. The topological polar surface area (TPSA) is 98.9 Å². The summed E-state index contributed by atoms with van der Waals surface area (Å²) < 4.78 is 0. The lowest BCUT2D eigenvalue weighted by Crippen LogP contribution is -2.40. The third-order valence-electron chi connectivity index (χ3n) is 3.49. The Bertz CT molecular complexity index is 889. The second-order valence-electron chi connectivity index (χ2n) is 5.00. The van der Waals surface area contributed by atoms with E-state index in [9.17, 15) is 4.79 Å². The molecular weight excluding hydrogens is 314 g/mol. The summed E-state index contributed by atoms with van der Waals surface area (Å²) in [6.07, 6.45) is 1.56. The second-order valence-corrected chi connectivity index (χ2v) is 5.41. The van der Waals surface area contributed by atoms with Crippen molar-refractivity contribution in [3.63, 3.8) is 0 Å². The summed E-state index contributed by atoms with van der Waals surface area (Å²) >= 11 is 6.12. The van der Waals surface area contributed by atoms with Crippen LogP contribution >= 0.6 is 11.6 Å². The highest BCUT2D eigenvalue weighted by molar-refractivity contribution is 6.31. The molecule has 3 rings (SSSR count). The molecule has 1 amide bonds. The number of H-pyrrole nitrogens is 1. The number of benzene rings is 2. The fourth-order valence-corrected chi connectivity index (χ4v) is 2.48. The maximum Gasteiger partial charge on any atom is 0.260 e. The molecule has 0 aliphatic rings. The smallest absolute Gasteiger partial charge is 0.260 e. The highest BCUT2D eigenvalue weighted by Crippen LogP contribution is 2.19. The van der Waals surface area contributed by atoms with Gasteiger partial charge in [0, 0.05) is 10.6 Å². The maximum absolute atomic E-state index is 12.7. The minimum atomic E-state index is -0.367. The van der Waals surface area contributed by atoms with Crippen LogP contribution in [-0.2, 0) is 6.54 Å². The maximum atomic E-state index is 12.7. The zero-order valence-electron chi connectivity index (χ0n) is 12.1. The van der Waals surface area contributed by atoms with Gasteiger partial charge in [0.05, 0.1) is 23.9 Å². The normalized spacial score (nSPS) is 10.7. The van der Waals surface area contributed by atoms with E-state index in [1.54, 1.807) is 42.7 Å². The van der Waals surface area contributed by atoms with Gasteiger partial charge in [-0.3, -0.25) is 15.1 Å². The number of rotatable bonds is 3. The van der Waals surface area contributed by atoms with Gasteiger partial charge in [0.25, 0.3) is 5.91 Å². The lowest BCUT2D eigenvalue weighted by molar-refractivity contribution is 0.0837. The molecule has 1 heterocycles. The first-order valence-electron chi connectivity index (χ1n) is 6.88. The standard InChI is InChI=1S/C16H14ClN5O/c17-12-4-2-1-3-11(12)8-22(16(18)19)15(23)10-5-6-13-14(7-10)21-9-20-13/h1-7,9H,8H2,(H3,18,19)(H,20,21). The monoisotopic (exact) mass is 327 g/mol. The van der Waals surface area contributed by atoms with Crippen LogP contribution in [-0.4, -0.2) is 26.7 Å². The number of carbonyl (C=O) groups is 1. The summed E-state index contributed by atoms with van der Waals surface area (Å²) in [5, 5.41) is 8.23. The minimum absolute atomic E-state index is 0.134. The van der Waals surface area contributed by atoms with Crippen molar-refractivity contribution in [3.8, 4) is 0 Å². The van der Waals surface area contributed by atoms with Crippen molar-refractivity contribution in [2.75, 3.05) is 0 Å². The Labute approximate surface area is 137 Å². The van der Waals surface area contributed by atoms with Gasteiger partial charge in [-0.05, 0) is 29.8 Å². The summed E-state index contributed by atoms with van der Waals surface area (Å²) in [7, 11) is 0. The van der Waals surface area contributed by atoms with Gasteiger partial charge in [-0.25, -0.2) is 4.98 Å². The van der Waals surface area contributed by atoms with Crippen LogP contribution in [0.5, 0.6) is 0 Å². The number of guanidine groups is 1. The molecule has 4 N–H and O–H groups in total. The number of carbonyl (C=O) groups excluding carboxylic acids is 1. The van der Waals surface area contributed by atoms with Crippen LogP contribution < -0.4 is 5.73 Å². The second kappa shape index (κ2) is 6.10. The van der Waals surface area contributed by atoms with Crippen LogP contribution in [0.15, 0.2) is 48.8 Å². The van der Waals surface area contributed by atoms with Crippen LogP contribution in [0, 0.1) is 5.41 Å². The van der Waals surface area contributed by atoms with Gasteiger partial charge in [-0.2, -0.15) is 0 Å². The highest BCUT2D eigenvalue weighted by Gasteiger charge is 2.20. The van der Waals surface area contributed by atoms with Crippen molar-refractivity contribution >= 4 is 34.5 Å². The molecule has 0 aliphatic heterocycles. The number of halogens is 1. The Morgan fingerprint density at radius 3 is 2.83 bits per heavy atom. The minimum Gasteiger partial charge on any atom is -0.370 e. The molecular formula is C16H14ClN5O. The molecule has 116 valence electrons. The zero-order chi connectivity index (χ0) is 16.4. The first-order chi connectivity index (χ1) is 11.1. The number of aromatic nitrogens is 2. The molecule has 0 aliphatic carbocycles. The summed E-state index contributed by atoms with van der Waals surface area (Å²) in [4.78, 5) is 20.9. The van der Waals surface area contributed by atoms with Crippen molar-refractivity contribution in [3.05, 3.63) is 64.9 Å². The van der Waals surface area contributed by atoms with Gasteiger partial charge < -0.3 is 10.7 Å².